The van der Waals surface area contributed by atoms with E-state index in [9.17, 15) is 4.39 Å². The molecule has 0 aromatic heterocycles. The molecule has 1 heterocycles. The summed E-state index contributed by atoms with van der Waals surface area (Å²) in [5.74, 6) is 0. The number of hydrogen-bond donors (Lipinski definition) is 1. The Bertz CT molecular complexity index is 114. The Hall–Kier alpha value is -0.110. The minimum atomic E-state index is -0.486. The van der Waals surface area contributed by atoms with E-state index in [2.05, 4.69) is 5.32 Å². The third-order valence-electron chi connectivity index (χ3n) is 2.87. The SMILES string of the molecule is FC1CC2(CCCNC2)C1. The molecular formula is C8H14FN. The summed E-state index contributed by atoms with van der Waals surface area (Å²) in [6.07, 6.45) is 3.65. The highest BCUT2D eigenvalue weighted by atomic mass is 19.1. The monoisotopic (exact) mass is 143 g/mol. The Balaban J connectivity index is 1.90. The van der Waals surface area contributed by atoms with Crippen LogP contribution in [0.15, 0.2) is 0 Å². The summed E-state index contributed by atoms with van der Waals surface area (Å²) in [5, 5.41) is 3.33. The largest absolute Gasteiger partial charge is 0.316 e. The van der Waals surface area contributed by atoms with Crippen LogP contribution < -0.4 is 5.32 Å². The Morgan fingerprint density at radius 2 is 2.20 bits per heavy atom. The molecule has 1 saturated heterocycles. The normalized spacial score (nSPS) is 47.1. The molecule has 0 atom stereocenters. The zero-order valence-electron chi connectivity index (χ0n) is 6.20. The summed E-state index contributed by atoms with van der Waals surface area (Å²) < 4.78 is 12.5. The lowest BCUT2D eigenvalue weighted by Gasteiger charge is -2.47. The average molecular weight is 143 g/mol. The van der Waals surface area contributed by atoms with E-state index >= 15 is 0 Å². The summed E-state index contributed by atoms with van der Waals surface area (Å²) >= 11 is 0. The van der Waals surface area contributed by atoms with Gasteiger partial charge in [0.25, 0.3) is 0 Å². The highest BCUT2D eigenvalue weighted by Gasteiger charge is 2.44. The molecule has 0 aromatic carbocycles. The minimum absolute atomic E-state index is 0.387. The van der Waals surface area contributed by atoms with Crippen molar-refractivity contribution < 1.29 is 4.39 Å². The average Bonchev–Trinajstić information content (AvgIpc) is 1.87. The van der Waals surface area contributed by atoms with Crippen LogP contribution in [0.1, 0.15) is 25.7 Å². The second-order valence-electron chi connectivity index (χ2n) is 3.79. The van der Waals surface area contributed by atoms with Gasteiger partial charge in [-0.2, -0.15) is 0 Å². The maximum Gasteiger partial charge on any atom is 0.101 e. The fraction of sp³-hybridized carbons (Fsp3) is 1.00. The number of nitrogens with one attached hydrogen (secondary N) is 1. The predicted molar refractivity (Wildman–Crippen MR) is 38.7 cm³/mol. The number of halogens is 1. The van der Waals surface area contributed by atoms with Gasteiger partial charge in [-0.25, -0.2) is 4.39 Å². The third-order valence-corrected chi connectivity index (χ3v) is 2.87. The Morgan fingerprint density at radius 3 is 2.70 bits per heavy atom. The second kappa shape index (κ2) is 2.19. The maximum absolute atomic E-state index is 12.5. The molecule has 10 heavy (non-hydrogen) atoms. The molecule has 0 radical (unpaired) electrons. The number of hydrogen-bond acceptors (Lipinski definition) is 1. The molecule has 1 saturated carbocycles. The first kappa shape index (κ1) is 6.59. The van der Waals surface area contributed by atoms with Gasteiger partial charge in [-0.3, -0.25) is 0 Å². The highest BCUT2D eigenvalue weighted by molar-refractivity contribution is 4.97. The van der Waals surface area contributed by atoms with E-state index < -0.39 is 6.17 Å². The van der Waals surface area contributed by atoms with Gasteiger partial charge in [-0.05, 0) is 37.6 Å². The van der Waals surface area contributed by atoms with Crippen molar-refractivity contribution in [3.63, 3.8) is 0 Å². The maximum atomic E-state index is 12.5. The molecule has 0 aromatic rings. The Labute approximate surface area is 61.0 Å². The molecule has 58 valence electrons. The van der Waals surface area contributed by atoms with Gasteiger partial charge in [0.1, 0.15) is 6.17 Å². The van der Waals surface area contributed by atoms with Gasteiger partial charge in [0.2, 0.25) is 0 Å². The second-order valence-corrected chi connectivity index (χ2v) is 3.79. The molecule has 1 aliphatic carbocycles. The quantitative estimate of drug-likeness (QED) is 0.541. The number of rotatable bonds is 0. The van der Waals surface area contributed by atoms with E-state index in [-0.39, 0.29) is 0 Å². The molecule has 2 fully saturated rings. The molecule has 2 rings (SSSR count). The van der Waals surface area contributed by atoms with Crippen LogP contribution in [0.4, 0.5) is 4.39 Å². The van der Waals surface area contributed by atoms with Crippen molar-refractivity contribution in [3.05, 3.63) is 0 Å². The predicted octanol–water partition coefficient (Wildman–Crippen LogP) is 1.49. The molecule has 2 aliphatic rings. The lowest BCUT2D eigenvalue weighted by atomic mass is 9.64. The zero-order valence-corrected chi connectivity index (χ0v) is 6.20. The molecule has 1 spiro atoms. The van der Waals surface area contributed by atoms with Crippen LogP contribution in [-0.4, -0.2) is 19.3 Å². The zero-order chi connectivity index (χ0) is 7.03. The summed E-state index contributed by atoms with van der Waals surface area (Å²) in [5.41, 5.74) is 0.387. The summed E-state index contributed by atoms with van der Waals surface area (Å²) in [7, 11) is 0. The van der Waals surface area contributed by atoms with Gasteiger partial charge in [-0.15, -0.1) is 0 Å². The minimum Gasteiger partial charge on any atom is -0.316 e. The molecular weight excluding hydrogens is 129 g/mol. The molecule has 1 aliphatic heterocycles. The third kappa shape index (κ3) is 0.947. The first-order valence-electron chi connectivity index (χ1n) is 4.16. The van der Waals surface area contributed by atoms with Crippen LogP contribution in [0.5, 0.6) is 0 Å². The van der Waals surface area contributed by atoms with Crippen LogP contribution in [0, 0.1) is 5.41 Å². The van der Waals surface area contributed by atoms with Crippen molar-refractivity contribution in [2.45, 2.75) is 31.9 Å². The first-order chi connectivity index (χ1) is 4.81. The van der Waals surface area contributed by atoms with E-state index in [0.29, 0.717) is 5.41 Å². The Morgan fingerprint density at radius 1 is 1.40 bits per heavy atom. The van der Waals surface area contributed by atoms with Crippen molar-refractivity contribution in [1.82, 2.24) is 5.32 Å². The summed E-state index contributed by atoms with van der Waals surface area (Å²) in [4.78, 5) is 0. The van der Waals surface area contributed by atoms with Crippen molar-refractivity contribution in [1.29, 1.82) is 0 Å². The molecule has 0 unspecified atom stereocenters. The standard InChI is InChI=1S/C8H14FN/c9-7-4-8(5-7)2-1-3-10-6-8/h7,10H,1-6H2. The van der Waals surface area contributed by atoms with Crippen LogP contribution in [0.3, 0.4) is 0 Å². The van der Waals surface area contributed by atoms with Crippen LogP contribution in [0.2, 0.25) is 0 Å². The van der Waals surface area contributed by atoms with Gasteiger partial charge in [0, 0.05) is 6.54 Å². The van der Waals surface area contributed by atoms with Crippen molar-refractivity contribution >= 4 is 0 Å². The molecule has 0 bridgehead atoms. The molecule has 0 amide bonds. The van der Waals surface area contributed by atoms with E-state index in [1.54, 1.807) is 0 Å². The Kier molecular flexibility index (Phi) is 1.44. The van der Waals surface area contributed by atoms with Crippen LogP contribution >= 0.6 is 0 Å². The summed E-state index contributed by atoms with van der Waals surface area (Å²) in [6, 6.07) is 0. The molecule has 1 nitrogen and oxygen atoms in total. The number of piperidine rings is 1. The lowest BCUT2D eigenvalue weighted by molar-refractivity contribution is 0.00513. The van der Waals surface area contributed by atoms with Crippen molar-refractivity contribution in [2.75, 3.05) is 13.1 Å². The molecule has 2 heteroatoms. The van der Waals surface area contributed by atoms with E-state index in [1.165, 1.54) is 12.8 Å². The van der Waals surface area contributed by atoms with Crippen LogP contribution in [0.25, 0.3) is 0 Å². The highest BCUT2D eigenvalue weighted by Crippen LogP contribution is 2.47. The first-order valence-corrected chi connectivity index (χ1v) is 4.16. The van der Waals surface area contributed by atoms with Gasteiger partial charge in [-0.1, -0.05) is 0 Å². The van der Waals surface area contributed by atoms with Gasteiger partial charge in [0.15, 0.2) is 0 Å². The molecule has 1 N–H and O–H groups in total. The van der Waals surface area contributed by atoms with Crippen LogP contribution in [-0.2, 0) is 0 Å². The number of alkyl halides is 1. The van der Waals surface area contributed by atoms with Gasteiger partial charge < -0.3 is 5.32 Å². The van der Waals surface area contributed by atoms with E-state index in [4.69, 9.17) is 0 Å². The lowest BCUT2D eigenvalue weighted by Crippen LogP contribution is -2.49. The topological polar surface area (TPSA) is 12.0 Å². The fourth-order valence-corrected chi connectivity index (χ4v) is 2.26. The van der Waals surface area contributed by atoms with Gasteiger partial charge >= 0.3 is 0 Å². The van der Waals surface area contributed by atoms with Gasteiger partial charge in [0.05, 0.1) is 0 Å². The van der Waals surface area contributed by atoms with Crippen molar-refractivity contribution in [3.8, 4) is 0 Å². The van der Waals surface area contributed by atoms with E-state index in [1.807, 2.05) is 0 Å². The van der Waals surface area contributed by atoms with E-state index in [0.717, 1.165) is 25.9 Å². The smallest absolute Gasteiger partial charge is 0.101 e. The van der Waals surface area contributed by atoms with Crippen molar-refractivity contribution in [2.24, 2.45) is 5.41 Å². The fourth-order valence-electron chi connectivity index (χ4n) is 2.26. The summed E-state index contributed by atoms with van der Waals surface area (Å²) in [6.45, 7) is 2.20.